The molecule has 9 nitrogen and oxygen atoms in total. The molecule has 0 unspecified atom stereocenters. The van der Waals surface area contributed by atoms with Gasteiger partial charge in [0, 0.05) is 12.1 Å². The fraction of sp³-hybridized carbons (Fsp3) is 0.261. The first-order valence-corrected chi connectivity index (χ1v) is 10.1. The highest BCUT2D eigenvalue weighted by Gasteiger charge is 2.25. The number of nitrogens with zero attached hydrogens (tertiary/aromatic N) is 1. The number of nitrogens with one attached hydrogen (secondary N) is 1. The van der Waals surface area contributed by atoms with Crippen molar-refractivity contribution < 1.29 is 42.1 Å². The van der Waals surface area contributed by atoms with Crippen molar-refractivity contribution in [1.29, 1.82) is 0 Å². The highest BCUT2D eigenvalue weighted by molar-refractivity contribution is 6.13. The molecule has 0 saturated heterocycles. The van der Waals surface area contributed by atoms with Crippen LogP contribution in [0.15, 0.2) is 47.1 Å². The number of amides is 1. The minimum atomic E-state index is -3.02. The second-order valence-electron chi connectivity index (χ2n) is 6.73. The number of esters is 1. The third-order valence-electron chi connectivity index (χ3n) is 4.47. The summed E-state index contributed by atoms with van der Waals surface area (Å²) in [5, 5.41) is 2.63. The van der Waals surface area contributed by atoms with E-state index in [2.05, 4.69) is 15.0 Å². The normalized spacial score (nSPS) is 14.0. The minimum Gasteiger partial charge on any atom is -0.493 e. The second-order valence-corrected chi connectivity index (χ2v) is 6.73. The van der Waals surface area contributed by atoms with Gasteiger partial charge in [0.25, 0.3) is 5.91 Å². The van der Waals surface area contributed by atoms with Gasteiger partial charge in [-0.1, -0.05) is 6.07 Å². The third-order valence-corrected chi connectivity index (χ3v) is 4.47. The number of aliphatic imine (C=N–C) groups is 1. The van der Waals surface area contributed by atoms with Crippen LogP contribution in [-0.2, 0) is 14.3 Å². The van der Waals surface area contributed by atoms with E-state index in [9.17, 15) is 18.4 Å². The Morgan fingerprint density at radius 1 is 1.09 bits per heavy atom. The summed E-state index contributed by atoms with van der Waals surface area (Å²) in [6.45, 7) is -0.894. The van der Waals surface area contributed by atoms with Gasteiger partial charge < -0.3 is 29.0 Å². The van der Waals surface area contributed by atoms with Gasteiger partial charge >= 0.3 is 12.6 Å². The predicted molar refractivity (Wildman–Crippen MR) is 117 cm³/mol. The quantitative estimate of drug-likeness (QED) is 0.415. The predicted octanol–water partition coefficient (Wildman–Crippen LogP) is 3.16. The van der Waals surface area contributed by atoms with Crippen molar-refractivity contribution >= 4 is 23.9 Å². The number of alkyl halides is 2. The number of carbonyl (C=O) groups is 2. The van der Waals surface area contributed by atoms with Crippen LogP contribution in [0.25, 0.3) is 6.08 Å². The zero-order valence-corrected chi connectivity index (χ0v) is 18.6. The van der Waals surface area contributed by atoms with Gasteiger partial charge in [-0.05, 0) is 48.9 Å². The standard InChI is InChI=1S/C23H22F2N2O7/c1-4-26-20(28)12-32-16-7-5-13(10-18(16)30-2)9-15-22(29)34-21(27-15)14-6-8-17(33-23(24)25)19(11-14)31-3/h5-11,23H,4,12H2,1-3H3,(H,26,28)/b15-9-. The summed E-state index contributed by atoms with van der Waals surface area (Å²) < 4.78 is 50.5. The fourth-order valence-electron chi connectivity index (χ4n) is 2.97. The molecule has 0 aliphatic carbocycles. The van der Waals surface area contributed by atoms with Crippen LogP contribution in [0, 0.1) is 0 Å². The second kappa shape index (κ2) is 11.1. The molecular weight excluding hydrogens is 454 g/mol. The maximum Gasteiger partial charge on any atom is 0.387 e. The van der Waals surface area contributed by atoms with Gasteiger partial charge in [0.15, 0.2) is 35.3 Å². The summed E-state index contributed by atoms with van der Waals surface area (Å²) in [7, 11) is 2.74. The van der Waals surface area contributed by atoms with Gasteiger partial charge in [-0.3, -0.25) is 4.79 Å². The molecule has 34 heavy (non-hydrogen) atoms. The molecule has 0 bridgehead atoms. The van der Waals surface area contributed by atoms with Crippen LogP contribution in [0.1, 0.15) is 18.1 Å². The third kappa shape index (κ3) is 6.00. The molecule has 11 heteroatoms. The Hall–Kier alpha value is -4.15. The highest BCUT2D eigenvalue weighted by atomic mass is 19.3. The summed E-state index contributed by atoms with van der Waals surface area (Å²) in [6.07, 6.45) is 1.48. The van der Waals surface area contributed by atoms with E-state index in [0.717, 1.165) is 0 Å². The Bertz CT molecular complexity index is 1130. The van der Waals surface area contributed by atoms with Crippen LogP contribution < -0.4 is 24.3 Å². The molecule has 1 aliphatic rings. The average molecular weight is 476 g/mol. The van der Waals surface area contributed by atoms with Crippen molar-refractivity contribution in [3.05, 3.63) is 53.2 Å². The summed E-state index contributed by atoms with van der Waals surface area (Å²) in [4.78, 5) is 28.1. The Balaban J connectivity index is 1.82. The lowest BCUT2D eigenvalue weighted by Crippen LogP contribution is -2.28. The molecule has 0 fully saturated rings. The number of hydrogen-bond acceptors (Lipinski definition) is 8. The van der Waals surface area contributed by atoms with Gasteiger partial charge in [-0.15, -0.1) is 0 Å². The molecule has 0 radical (unpaired) electrons. The van der Waals surface area contributed by atoms with Crippen molar-refractivity contribution in [2.45, 2.75) is 13.5 Å². The smallest absolute Gasteiger partial charge is 0.387 e. The van der Waals surface area contributed by atoms with E-state index < -0.39 is 12.6 Å². The van der Waals surface area contributed by atoms with Crippen LogP contribution in [0.4, 0.5) is 8.78 Å². The number of hydrogen-bond donors (Lipinski definition) is 1. The summed E-state index contributed by atoms with van der Waals surface area (Å²) in [5.41, 5.74) is 0.916. The van der Waals surface area contributed by atoms with E-state index in [1.165, 1.54) is 38.5 Å². The number of carbonyl (C=O) groups excluding carboxylic acids is 2. The fourth-order valence-corrected chi connectivity index (χ4v) is 2.97. The first-order chi connectivity index (χ1) is 16.3. The van der Waals surface area contributed by atoms with E-state index in [4.69, 9.17) is 18.9 Å². The zero-order chi connectivity index (χ0) is 24.7. The molecule has 0 spiro atoms. The molecule has 3 rings (SSSR count). The number of likely N-dealkylation sites (N-methyl/N-ethyl adjacent to an activating group) is 1. The van der Waals surface area contributed by atoms with E-state index >= 15 is 0 Å². The van der Waals surface area contributed by atoms with Gasteiger partial charge in [-0.25, -0.2) is 9.79 Å². The summed E-state index contributed by atoms with van der Waals surface area (Å²) in [6, 6.07) is 8.92. The Labute approximate surface area is 193 Å². The molecular formula is C23H22F2N2O7. The molecule has 1 heterocycles. The molecule has 180 valence electrons. The van der Waals surface area contributed by atoms with Crippen molar-refractivity contribution in [1.82, 2.24) is 5.32 Å². The highest BCUT2D eigenvalue weighted by Crippen LogP contribution is 2.32. The lowest BCUT2D eigenvalue weighted by atomic mass is 10.1. The SMILES string of the molecule is CCNC(=O)COc1ccc(/C=C2\N=C(c3ccc(OC(F)F)c(OC)c3)OC2=O)cc1OC. The molecule has 0 aromatic heterocycles. The van der Waals surface area contributed by atoms with Crippen molar-refractivity contribution in [3.63, 3.8) is 0 Å². The van der Waals surface area contributed by atoms with Crippen LogP contribution in [0.5, 0.6) is 23.0 Å². The first kappa shape index (κ1) is 24.5. The molecule has 2 aromatic carbocycles. The molecule has 0 atom stereocenters. The van der Waals surface area contributed by atoms with Crippen molar-refractivity contribution in [2.75, 3.05) is 27.4 Å². The van der Waals surface area contributed by atoms with E-state index in [1.54, 1.807) is 25.1 Å². The van der Waals surface area contributed by atoms with Gasteiger partial charge in [0.1, 0.15) is 0 Å². The molecule has 0 saturated carbocycles. The number of ether oxygens (including phenoxy) is 5. The number of cyclic esters (lactones) is 1. The van der Waals surface area contributed by atoms with Crippen LogP contribution in [0.2, 0.25) is 0 Å². The lowest BCUT2D eigenvalue weighted by Gasteiger charge is -2.11. The van der Waals surface area contributed by atoms with E-state index in [0.29, 0.717) is 29.2 Å². The average Bonchev–Trinajstić information content (AvgIpc) is 3.18. The molecule has 1 amide bonds. The van der Waals surface area contributed by atoms with Crippen LogP contribution in [-0.4, -0.2) is 51.8 Å². The number of halogens is 2. The number of methoxy groups -OCH3 is 2. The van der Waals surface area contributed by atoms with Crippen molar-refractivity contribution in [3.8, 4) is 23.0 Å². The minimum absolute atomic E-state index is 0.0138. The number of benzene rings is 2. The molecule has 1 aliphatic heterocycles. The Morgan fingerprint density at radius 2 is 1.79 bits per heavy atom. The van der Waals surface area contributed by atoms with Gasteiger partial charge in [0.2, 0.25) is 5.90 Å². The summed E-state index contributed by atoms with van der Waals surface area (Å²) >= 11 is 0. The topological polar surface area (TPSA) is 105 Å². The van der Waals surface area contributed by atoms with Crippen molar-refractivity contribution in [2.24, 2.45) is 4.99 Å². The summed E-state index contributed by atoms with van der Waals surface area (Å²) in [5.74, 6) is -0.410. The van der Waals surface area contributed by atoms with Crippen LogP contribution >= 0.6 is 0 Å². The Kier molecular flexibility index (Phi) is 8.01. The Morgan fingerprint density at radius 3 is 2.47 bits per heavy atom. The van der Waals surface area contributed by atoms with Gasteiger partial charge in [0.05, 0.1) is 14.2 Å². The first-order valence-electron chi connectivity index (χ1n) is 10.1. The maximum atomic E-state index is 12.5. The molecule has 1 N–H and O–H groups in total. The lowest BCUT2D eigenvalue weighted by molar-refractivity contribution is -0.130. The molecule has 2 aromatic rings. The van der Waals surface area contributed by atoms with Crippen LogP contribution in [0.3, 0.4) is 0 Å². The zero-order valence-electron chi connectivity index (χ0n) is 18.6. The largest absolute Gasteiger partial charge is 0.493 e. The van der Waals surface area contributed by atoms with E-state index in [-0.39, 0.29) is 35.6 Å². The maximum absolute atomic E-state index is 12.5. The number of rotatable bonds is 10. The monoisotopic (exact) mass is 476 g/mol. The van der Waals surface area contributed by atoms with Gasteiger partial charge in [-0.2, -0.15) is 8.78 Å². The van der Waals surface area contributed by atoms with E-state index in [1.807, 2.05) is 0 Å².